The number of amides is 1. The highest BCUT2D eigenvalue weighted by Crippen LogP contribution is 2.27. The van der Waals surface area contributed by atoms with Gasteiger partial charge in [0.25, 0.3) is 0 Å². The Morgan fingerprint density at radius 2 is 2.18 bits per heavy atom. The number of hydrogen-bond acceptors (Lipinski definition) is 7. The minimum Gasteiger partial charge on any atom is -0.490 e. The van der Waals surface area contributed by atoms with Gasteiger partial charge in [0, 0.05) is 6.54 Å². The number of carbonyl (C=O) groups is 1. The summed E-state index contributed by atoms with van der Waals surface area (Å²) >= 11 is 0. The van der Waals surface area contributed by atoms with Gasteiger partial charge in [0.1, 0.15) is 6.33 Å². The largest absolute Gasteiger partial charge is 0.490 e. The summed E-state index contributed by atoms with van der Waals surface area (Å²) in [4.78, 5) is 19.1. The van der Waals surface area contributed by atoms with Gasteiger partial charge < -0.3 is 20.8 Å². The molecule has 0 atom stereocenters. The van der Waals surface area contributed by atoms with E-state index < -0.39 is 0 Å². The maximum Gasteiger partial charge on any atom is 0.239 e. The van der Waals surface area contributed by atoms with E-state index in [1.165, 1.54) is 13.4 Å². The van der Waals surface area contributed by atoms with Crippen molar-refractivity contribution in [2.45, 2.75) is 6.92 Å². The third-order valence-corrected chi connectivity index (χ3v) is 1.94. The number of hydrazine groups is 1. The van der Waals surface area contributed by atoms with Crippen molar-refractivity contribution >= 4 is 17.5 Å². The fourth-order valence-electron chi connectivity index (χ4n) is 1.22. The van der Waals surface area contributed by atoms with Gasteiger partial charge in [-0.1, -0.05) is 0 Å². The summed E-state index contributed by atoms with van der Waals surface area (Å²) in [6.45, 7) is 2.53. The zero-order chi connectivity index (χ0) is 12.7. The number of nitrogens with zero attached hydrogens (tertiary/aromatic N) is 2. The molecule has 0 spiro atoms. The molecule has 0 aliphatic heterocycles. The quantitative estimate of drug-likeness (QED) is 0.384. The van der Waals surface area contributed by atoms with E-state index >= 15 is 0 Å². The SMILES string of the molecule is CCNC(=O)CNc1ncnc(NN)c1OC. The van der Waals surface area contributed by atoms with Crippen LogP contribution in [-0.4, -0.2) is 36.1 Å². The summed E-state index contributed by atoms with van der Waals surface area (Å²) in [6.07, 6.45) is 1.32. The molecule has 0 fully saturated rings. The molecule has 1 amide bonds. The van der Waals surface area contributed by atoms with Crippen molar-refractivity contribution in [3.05, 3.63) is 6.33 Å². The van der Waals surface area contributed by atoms with Crippen LogP contribution in [0.15, 0.2) is 6.33 Å². The van der Waals surface area contributed by atoms with Gasteiger partial charge in [-0.2, -0.15) is 0 Å². The molecule has 17 heavy (non-hydrogen) atoms. The highest BCUT2D eigenvalue weighted by atomic mass is 16.5. The number of ether oxygens (including phenoxy) is 1. The van der Waals surface area contributed by atoms with Crippen LogP contribution in [0.25, 0.3) is 0 Å². The van der Waals surface area contributed by atoms with Gasteiger partial charge in [0.15, 0.2) is 11.6 Å². The number of aromatic nitrogens is 2. The second-order valence-electron chi connectivity index (χ2n) is 3.06. The monoisotopic (exact) mass is 240 g/mol. The van der Waals surface area contributed by atoms with E-state index in [-0.39, 0.29) is 12.5 Å². The highest BCUT2D eigenvalue weighted by molar-refractivity contribution is 5.81. The van der Waals surface area contributed by atoms with Crippen molar-refractivity contribution < 1.29 is 9.53 Å². The lowest BCUT2D eigenvalue weighted by Gasteiger charge is -2.12. The van der Waals surface area contributed by atoms with Crippen molar-refractivity contribution in [3.8, 4) is 5.75 Å². The molecule has 0 unspecified atom stereocenters. The van der Waals surface area contributed by atoms with E-state index in [9.17, 15) is 4.79 Å². The number of nitrogens with two attached hydrogens (primary N) is 1. The molecule has 0 aliphatic rings. The molecule has 1 aromatic heterocycles. The second-order valence-corrected chi connectivity index (χ2v) is 3.06. The highest BCUT2D eigenvalue weighted by Gasteiger charge is 2.11. The summed E-state index contributed by atoms with van der Waals surface area (Å²) in [7, 11) is 1.47. The van der Waals surface area contributed by atoms with Crippen LogP contribution in [-0.2, 0) is 4.79 Å². The summed E-state index contributed by atoms with van der Waals surface area (Å²) in [5.74, 6) is 6.26. The molecule has 94 valence electrons. The van der Waals surface area contributed by atoms with E-state index in [0.717, 1.165) is 0 Å². The maximum atomic E-state index is 11.3. The summed E-state index contributed by atoms with van der Waals surface area (Å²) < 4.78 is 5.10. The molecule has 8 nitrogen and oxygen atoms in total. The lowest BCUT2D eigenvalue weighted by Crippen LogP contribution is -2.29. The predicted octanol–water partition coefficient (Wildman–Crippen LogP) is -0.681. The molecular formula is C9H16N6O2. The molecule has 5 N–H and O–H groups in total. The average Bonchev–Trinajstić information content (AvgIpc) is 2.36. The number of nitrogen functional groups attached to an aromatic ring is 1. The maximum absolute atomic E-state index is 11.3. The Morgan fingerprint density at radius 1 is 1.47 bits per heavy atom. The average molecular weight is 240 g/mol. The van der Waals surface area contributed by atoms with Crippen LogP contribution in [0.5, 0.6) is 5.75 Å². The minimum absolute atomic E-state index is 0.102. The number of anilines is 2. The molecular weight excluding hydrogens is 224 g/mol. The Morgan fingerprint density at radius 3 is 2.76 bits per heavy atom. The number of nitrogens with one attached hydrogen (secondary N) is 3. The van der Waals surface area contributed by atoms with Gasteiger partial charge in [0.2, 0.25) is 11.7 Å². The lowest BCUT2D eigenvalue weighted by atomic mass is 10.4. The Hall–Kier alpha value is -2.09. The Bertz CT molecular complexity index is 384. The van der Waals surface area contributed by atoms with Crippen LogP contribution in [0, 0.1) is 0 Å². The molecule has 8 heteroatoms. The van der Waals surface area contributed by atoms with Gasteiger partial charge in [0.05, 0.1) is 13.7 Å². The number of likely N-dealkylation sites (N-methyl/N-ethyl adjacent to an activating group) is 1. The molecule has 1 heterocycles. The van der Waals surface area contributed by atoms with E-state index in [0.29, 0.717) is 23.9 Å². The first-order valence-electron chi connectivity index (χ1n) is 5.09. The van der Waals surface area contributed by atoms with Gasteiger partial charge in [-0.3, -0.25) is 4.79 Å². The van der Waals surface area contributed by atoms with Crippen LogP contribution in [0.2, 0.25) is 0 Å². The summed E-state index contributed by atoms with van der Waals surface area (Å²) in [5.41, 5.74) is 2.38. The first-order valence-corrected chi connectivity index (χ1v) is 5.09. The second kappa shape index (κ2) is 6.48. The Kier molecular flexibility index (Phi) is 4.95. The van der Waals surface area contributed by atoms with Gasteiger partial charge in [-0.05, 0) is 6.92 Å². The molecule has 1 aromatic rings. The fraction of sp³-hybridized carbons (Fsp3) is 0.444. The minimum atomic E-state index is -0.129. The zero-order valence-electron chi connectivity index (χ0n) is 9.78. The van der Waals surface area contributed by atoms with E-state index in [1.54, 1.807) is 0 Å². The number of hydrogen-bond donors (Lipinski definition) is 4. The molecule has 0 saturated carbocycles. The smallest absolute Gasteiger partial charge is 0.239 e. The zero-order valence-corrected chi connectivity index (χ0v) is 9.78. The van der Waals surface area contributed by atoms with Crippen molar-refractivity contribution in [1.82, 2.24) is 15.3 Å². The van der Waals surface area contributed by atoms with Crippen LogP contribution in [0.3, 0.4) is 0 Å². The molecule has 0 aromatic carbocycles. The molecule has 1 rings (SSSR count). The van der Waals surface area contributed by atoms with Crippen LogP contribution in [0.1, 0.15) is 6.92 Å². The van der Waals surface area contributed by atoms with Gasteiger partial charge in [-0.15, -0.1) is 0 Å². The molecule has 0 aliphatic carbocycles. The van der Waals surface area contributed by atoms with Crippen molar-refractivity contribution in [3.63, 3.8) is 0 Å². The topological polar surface area (TPSA) is 114 Å². The van der Waals surface area contributed by atoms with Crippen LogP contribution >= 0.6 is 0 Å². The van der Waals surface area contributed by atoms with Crippen LogP contribution < -0.4 is 26.6 Å². The summed E-state index contributed by atoms with van der Waals surface area (Å²) in [6, 6.07) is 0. The number of carbonyl (C=O) groups excluding carboxylic acids is 1. The van der Waals surface area contributed by atoms with Gasteiger partial charge >= 0.3 is 0 Å². The van der Waals surface area contributed by atoms with Crippen molar-refractivity contribution in [1.29, 1.82) is 0 Å². The molecule has 0 bridgehead atoms. The van der Waals surface area contributed by atoms with E-state index in [2.05, 4.69) is 26.0 Å². The predicted molar refractivity (Wildman–Crippen MR) is 63.6 cm³/mol. The molecule has 0 radical (unpaired) electrons. The summed E-state index contributed by atoms with van der Waals surface area (Å²) in [5, 5.41) is 5.50. The van der Waals surface area contributed by atoms with E-state index in [1.807, 2.05) is 6.92 Å². The van der Waals surface area contributed by atoms with Gasteiger partial charge in [-0.25, -0.2) is 15.8 Å². The first-order chi connectivity index (χ1) is 8.22. The van der Waals surface area contributed by atoms with Crippen molar-refractivity contribution in [2.75, 3.05) is 30.9 Å². The number of methoxy groups -OCH3 is 1. The lowest BCUT2D eigenvalue weighted by molar-refractivity contribution is -0.119. The fourth-order valence-corrected chi connectivity index (χ4v) is 1.22. The first kappa shape index (κ1) is 13.0. The Labute approximate surface area is 98.9 Å². The molecule has 0 saturated heterocycles. The standard InChI is InChI=1S/C9H16N6O2/c1-3-11-6(16)4-12-8-7(17-2)9(15-10)14-5-13-8/h5H,3-4,10H2,1-2H3,(H,11,16)(H2,12,13,14,15). The van der Waals surface area contributed by atoms with E-state index in [4.69, 9.17) is 10.6 Å². The Balaban J connectivity index is 2.73. The third kappa shape index (κ3) is 3.45. The number of rotatable bonds is 6. The normalized spacial score (nSPS) is 9.59. The van der Waals surface area contributed by atoms with Crippen LogP contribution in [0.4, 0.5) is 11.6 Å². The third-order valence-electron chi connectivity index (χ3n) is 1.94. The van der Waals surface area contributed by atoms with Crippen molar-refractivity contribution in [2.24, 2.45) is 5.84 Å².